The number of unbranched alkanes of at least 4 members (excludes halogenated alkanes) is 1. The Labute approximate surface area is 507 Å². The predicted molar refractivity (Wildman–Crippen MR) is 332 cm³/mol. The molecule has 0 unspecified atom stereocenters. The summed E-state index contributed by atoms with van der Waals surface area (Å²) in [7, 11) is 1.54. The number of hydrogen-bond acceptors (Lipinski definition) is 16. The van der Waals surface area contributed by atoms with Crippen molar-refractivity contribution in [1.29, 1.82) is 0 Å². The maximum absolute atomic E-state index is 13.4. The maximum atomic E-state index is 13.4. The van der Waals surface area contributed by atoms with Crippen LogP contribution in [0.15, 0.2) is 94.2 Å². The van der Waals surface area contributed by atoms with Crippen LogP contribution in [0.1, 0.15) is 153 Å². The first-order valence-corrected chi connectivity index (χ1v) is 30.9. The van der Waals surface area contributed by atoms with Crippen molar-refractivity contribution >= 4 is 69.4 Å². The standard InChI is InChI=1S/C33H40N6O5.C33H39N5O5/c1-22-7-3-4-8-27(22)37-15-17-38(18-16-37)28-20-29(43-2)24(31(41)34-12-6-14-39-13-5-9-30(39)40)19-25(28)35-32(42)26-21-44-33(36-26)23-10-11-23;1-22-7-2-3-8-27(22)36-15-17-37(18-16-36)28-20-30(40)24(29(39)9-4-5-13-38-14-6-10-31(38)41)19-25(28)34-32(42)26-21-43-33(35-26)23-11-12-23/h3-4,7-8,19-21,23H,5-6,9-18H2,1-2H3,(H,34,41)(H,35,42);2-3,7-8,19-21,23,40H,4-6,9-18H2,1H3,(H,34,42). The topological polar surface area (TPSA) is 239 Å². The highest BCUT2D eigenvalue weighted by molar-refractivity contribution is 6.08. The summed E-state index contributed by atoms with van der Waals surface area (Å²) in [6.45, 7) is 13.4. The molecule has 2 aliphatic carbocycles. The minimum absolute atomic E-state index is 0.105. The van der Waals surface area contributed by atoms with Gasteiger partial charge in [-0.2, -0.15) is 0 Å². The van der Waals surface area contributed by atoms with Crippen LogP contribution in [0.25, 0.3) is 0 Å². The minimum atomic E-state index is -0.421. The van der Waals surface area contributed by atoms with Crippen LogP contribution in [-0.4, -0.2) is 152 Å². The number of para-hydroxylation sites is 2. The summed E-state index contributed by atoms with van der Waals surface area (Å²) in [4.78, 5) is 98.5. The molecule has 5 amide bonds. The van der Waals surface area contributed by atoms with Gasteiger partial charge in [-0.15, -0.1) is 0 Å². The van der Waals surface area contributed by atoms with Crippen molar-refractivity contribution in [1.82, 2.24) is 25.1 Å². The molecule has 0 radical (unpaired) electrons. The molecule has 21 nitrogen and oxygen atoms in total. The third kappa shape index (κ3) is 14.5. The number of rotatable bonds is 22. The molecule has 4 saturated heterocycles. The number of oxazole rings is 2. The molecule has 2 aromatic heterocycles. The lowest BCUT2D eigenvalue weighted by Crippen LogP contribution is -2.47. The zero-order valence-electron chi connectivity index (χ0n) is 50.1. The van der Waals surface area contributed by atoms with Gasteiger partial charge in [-0.3, -0.25) is 28.8 Å². The first-order chi connectivity index (χ1) is 42.3. The second-order valence-electron chi connectivity index (χ2n) is 23.5. The van der Waals surface area contributed by atoms with Crippen molar-refractivity contribution in [2.45, 2.75) is 103 Å². The van der Waals surface area contributed by atoms with Gasteiger partial charge in [-0.1, -0.05) is 36.4 Å². The summed E-state index contributed by atoms with van der Waals surface area (Å²) in [5.41, 5.74) is 8.15. The molecule has 6 heterocycles. The molecule has 2 saturated carbocycles. The van der Waals surface area contributed by atoms with Crippen LogP contribution >= 0.6 is 0 Å². The molecular weight excluding hydrogens is 1110 g/mol. The quantitative estimate of drug-likeness (QED) is 0.0281. The highest BCUT2D eigenvalue weighted by atomic mass is 16.5. The monoisotopic (exact) mass is 1190 g/mol. The minimum Gasteiger partial charge on any atom is -0.507 e. The maximum Gasteiger partial charge on any atom is 0.277 e. The molecule has 0 atom stereocenters. The van der Waals surface area contributed by atoms with Gasteiger partial charge in [0.15, 0.2) is 29.0 Å². The Morgan fingerprint density at radius 2 is 1.03 bits per heavy atom. The van der Waals surface area contributed by atoms with E-state index in [1.54, 1.807) is 18.2 Å². The summed E-state index contributed by atoms with van der Waals surface area (Å²) in [6.07, 6.45) is 12.0. The number of amides is 5. The number of piperazine rings is 2. The number of anilines is 6. The van der Waals surface area contributed by atoms with E-state index in [0.29, 0.717) is 98.6 Å². The first-order valence-electron chi connectivity index (χ1n) is 30.9. The second kappa shape index (κ2) is 27.2. The number of nitrogens with one attached hydrogen (secondary N) is 3. The highest BCUT2D eigenvalue weighted by Gasteiger charge is 2.33. The third-order valence-corrected chi connectivity index (χ3v) is 17.3. The Kier molecular flexibility index (Phi) is 18.7. The fraction of sp³-hybridized carbons (Fsp3) is 0.455. The number of aromatic hydroxyl groups is 1. The van der Waals surface area contributed by atoms with E-state index in [2.05, 4.69) is 89.7 Å². The number of Topliss-reactive ketones (excluding diaryl/α,β-unsaturated/α-hetero) is 1. The number of phenols is 1. The van der Waals surface area contributed by atoms with E-state index in [1.165, 1.54) is 42.1 Å². The fourth-order valence-electron chi connectivity index (χ4n) is 12.0. The summed E-state index contributed by atoms with van der Waals surface area (Å²) in [6, 6.07) is 23.4. The number of carbonyl (C=O) groups excluding carboxylic acids is 6. The van der Waals surface area contributed by atoms with Crippen LogP contribution < -0.4 is 40.3 Å². The molecule has 4 aromatic carbocycles. The van der Waals surface area contributed by atoms with Crippen molar-refractivity contribution < 1.29 is 47.4 Å². The Morgan fingerprint density at radius 1 is 0.575 bits per heavy atom. The molecule has 4 N–H and O–H groups in total. The van der Waals surface area contributed by atoms with E-state index in [-0.39, 0.29) is 64.5 Å². The van der Waals surface area contributed by atoms with Crippen molar-refractivity contribution in [3.63, 3.8) is 0 Å². The van der Waals surface area contributed by atoms with Crippen molar-refractivity contribution in [2.75, 3.05) is 122 Å². The molecule has 12 rings (SSSR count). The van der Waals surface area contributed by atoms with E-state index in [0.717, 1.165) is 103 Å². The van der Waals surface area contributed by atoms with Gasteiger partial charge in [-0.25, -0.2) is 9.97 Å². The number of aromatic nitrogens is 2. The van der Waals surface area contributed by atoms with E-state index < -0.39 is 11.8 Å². The van der Waals surface area contributed by atoms with Gasteiger partial charge in [0.1, 0.15) is 24.0 Å². The number of nitrogens with zero attached hydrogens (tertiary/aromatic N) is 8. The number of phenolic OH excluding ortho intramolecular Hbond substituents is 1. The van der Waals surface area contributed by atoms with Crippen LogP contribution in [0, 0.1) is 13.8 Å². The van der Waals surface area contributed by atoms with Crippen LogP contribution in [0.5, 0.6) is 11.5 Å². The summed E-state index contributed by atoms with van der Waals surface area (Å²) in [5, 5.41) is 19.9. The second-order valence-corrected chi connectivity index (χ2v) is 23.5. The van der Waals surface area contributed by atoms with E-state index >= 15 is 0 Å². The zero-order valence-corrected chi connectivity index (χ0v) is 50.1. The number of methoxy groups -OCH3 is 1. The number of ether oxygens (including phenoxy) is 1. The normalized spacial score (nSPS) is 16.9. The van der Waals surface area contributed by atoms with Crippen LogP contribution in [-0.2, 0) is 9.59 Å². The van der Waals surface area contributed by atoms with Crippen molar-refractivity contribution in [3.05, 3.63) is 131 Å². The molecule has 458 valence electrons. The van der Waals surface area contributed by atoms with E-state index in [1.807, 2.05) is 34.1 Å². The van der Waals surface area contributed by atoms with Crippen molar-refractivity contribution in [3.8, 4) is 11.5 Å². The highest BCUT2D eigenvalue weighted by Crippen LogP contribution is 2.42. The van der Waals surface area contributed by atoms with Gasteiger partial charge in [-0.05, 0) is 107 Å². The Bertz CT molecular complexity index is 3480. The molecule has 6 aliphatic rings. The van der Waals surface area contributed by atoms with Gasteiger partial charge in [0.05, 0.1) is 41.0 Å². The van der Waals surface area contributed by atoms with E-state index in [4.69, 9.17) is 13.6 Å². The molecule has 87 heavy (non-hydrogen) atoms. The van der Waals surface area contributed by atoms with Gasteiger partial charge >= 0.3 is 0 Å². The van der Waals surface area contributed by atoms with E-state index in [9.17, 15) is 33.9 Å². The molecule has 0 spiro atoms. The largest absolute Gasteiger partial charge is 0.507 e. The molecule has 6 aromatic rings. The average molecular weight is 1190 g/mol. The molecule has 0 bridgehead atoms. The SMILES string of the molecule is COc1cc(N2CCN(c3ccccc3C)CC2)c(NC(=O)c2coc(C3CC3)n2)cc1C(=O)NCCCN1CCCC1=O.Cc1ccccc1N1CCN(c2cc(O)c(C(=O)CCCCN3CCCC3=O)cc2NC(=O)c2coc(C3CC3)n2)CC1. The molecular formula is C66H79N11O10. The molecule has 21 heteroatoms. The summed E-state index contributed by atoms with van der Waals surface area (Å²) in [5.74, 6) is 1.08. The number of hydrogen-bond donors (Lipinski definition) is 4. The lowest BCUT2D eigenvalue weighted by atomic mass is 10.0. The molecule has 4 aliphatic heterocycles. The Balaban J connectivity index is 0.000000180. The van der Waals surface area contributed by atoms with Gasteiger partial charge in [0, 0.05) is 140 Å². The van der Waals surface area contributed by atoms with Crippen LogP contribution in [0.2, 0.25) is 0 Å². The first kappa shape index (κ1) is 59.8. The Morgan fingerprint density at radius 3 is 1.49 bits per heavy atom. The predicted octanol–water partition coefficient (Wildman–Crippen LogP) is 9.31. The summed E-state index contributed by atoms with van der Waals surface area (Å²) < 4.78 is 16.8. The number of aryl methyl sites for hydroxylation is 2. The van der Waals surface area contributed by atoms with Gasteiger partial charge in [0.2, 0.25) is 11.8 Å². The van der Waals surface area contributed by atoms with Crippen LogP contribution in [0.3, 0.4) is 0 Å². The average Bonchev–Trinajstić information content (AvgIpc) is 2.58. The number of carbonyl (C=O) groups is 6. The third-order valence-electron chi connectivity index (χ3n) is 17.3. The Hall–Kier alpha value is -8.88. The fourth-order valence-corrected chi connectivity index (χ4v) is 12.0. The lowest BCUT2D eigenvalue weighted by molar-refractivity contribution is -0.128. The van der Waals surface area contributed by atoms with Gasteiger partial charge < -0.3 is 64.0 Å². The smallest absolute Gasteiger partial charge is 0.277 e. The zero-order chi connectivity index (χ0) is 60.6. The summed E-state index contributed by atoms with van der Waals surface area (Å²) >= 11 is 0. The number of benzene rings is 4. The molecule has 6 fully saturated rings. The number of likely N-dealkylation sites (tertiary alicyclic amines) is 2. The lowest BCUT2D eigenvalue weighted by Gasteiger charge is -2.38. The van der Waals surface area contributed by atoms with Crippen LogP contribution in [0.4, 0.5) is 34.1 Å². The van der Waals surface area contributed by atoms with Gasteiger partial charge in [0.25, 0.3) is 17.7 Å². The number of ketones is 1. The van der Waals surface area contributed by atoms with Crippen molar-refractivity contribution in [2.24, 2.45) is 0 Å².